The van der Waals surface area contributed by atoms with Crippen LogP contribution in [-0.2, 0) is 22.5 Å². The summed E-state index contributed by atoms with van der Waals surface area (Å²) < 4.78 is 12.9. The Morgan fingerprint density at radius 2 is 1.93 bits per heavy atom. The Morgan fingerprint density at radius 3 is 2.67 bits per heavy atom. The van der Waals surface area contributed by atoms with Crippen LogP contribution in [0.15, 0.2) is 34.7 Å². The largest absolute Gasteiger partial charge is 0.419 e. The molecular formula is C21H26N6O3. The maximum absolute atomic E-state index is 12.3. The van der Waals surface area contributed by atoms with E-state index in [9.17, 15) is 4.79 Å². The van der Waals surface area contributed by atoms with Crippen molar-refractivity contribution in [2.24, 2.45) is 0 Å². The number of hydrogen-bond donors (Lipinski definition) is 1. The van der Waals surface area contributed by atoms with Crippen LogP contribution >= 0.6 is 0 Å². The molecule has 1 aliphatic heterocycles. The number of nitrogens with one attached hydrogen (secondary N) is 1. The first-order chi connectivity index (χ1) is 14.6. The van der Waals surface area contributed by atoms with Gasteiger partial charge >= 0.3 is 0 Å². The van der Waals surface area contributed by atoms with Gasteiger partial charge in [-0.05, 0) is 44.2 Å². The molecule has 0 unspecified atom stereocenters. The van der Waals surface area contributed by atoms with Gasteiger partial charge in [-0.2, -0.15) is 5.10 Å². The first-order valence-corrected chi connectivity index (χ1v) is 10.2. The lowest BCUT2D eigenvalue weighted by Gasteiger charge is -2.28. The Bertz CT molecular complexity index is 989. The van der Waals surface area contributed by atoms with Crippen LogP contribution in [0.5, 0.6) is 0 Å². The molecule has 0 saturated carbocycles. The van der Waals surface area contributed by atoms with Crippen molar-refractivity contribution < 1.29 is 13.9 Å². The van der Waals surface area contributed by atoms with Crippen molar-refractivity contribution in [3.8, 4) is 11.6 Å². The molecule has 1 aliphatic rings. The highest BCUT2D eigenvalue weighted by Gasteiger charge is 2.15. The predicted octanol–water partition coefficient (Wildman–Crippen LogP) is 2.67. The first-order valence-electron chi connectivity index (χ1n) is 10.2. The molecule has 1 aromatic carbocycles. The lowest BCUT2D eigenvalue weighted by molar-refractivity contribution is -0.116. The zero-order chi connectivity index (χ0) is 20.9. The number of anilines is 2. The summed E-state index contributed by atoms with van der Waals surface area (Å²) in [5, 5.41) is 15.5. The van der Waals surface area contributed by atoms with Gasteiger partial charge in [0.15, 0.2) is 0 Å². The molecule has 4 rings (SSSR count). The molecule has 1 amide bonds. The lowest BCUT2D eigenvalue weighted by Crippen LogP contribution is -2.36. The third-order valence-corrected chi connectivity index (χ3v) is 4.98. The molecule has 1 saturated heterocycles. The monoisotopic (exact) mass is 410 g/mol. The summed E-state index contributed by atoms with van der Waals surface area (Å²) >= 11 is 0. The van der Waals surface area contributed by atoms with Gasteiger partial charge in [-0.1, -0.05) is 0 Å². The molecule has 0 aliphatic carbocycles. The average molecular weight is 410 g/mol. The van der Waals surface area contributed by atoms with Crippen LogP contribution in [-0.4, -0.2) is 52.2 Å². The van der Waals surface area contributed by atoms with E-state index in [1.807, 2.05) is 48.9 Å². The summed E-state index contributed by atoms with van der Waals surface area (Å²) in [4.78, 5) is 14.6. The molecule has 1 N–H and O–H groups in total. The van der Waals surface area contributed by atoms with Gasteiger partial charge in [0.25, 0.3) is 5.89 Å². The fourth-order valence-corrected chi connectivity index (χ4v) is 3.44. The molecule has 9 heteroatoms. The quantitative estimate of drug-likeness (QED) is 0.639. The molecule has 1 fully saturated rings. The van der Waals surface area contributed by atoms with Gasteiger partial charge in [0, 0.05) is 43.9 Å². The van der Waals surface area contributed by atoms with E-state index < -0.39 is 0 Å². The number of aryl methyl sites for hydroxylation is 3. The standard InChI is InChI=1S/C21H26N6O3/c1-3-27-18(14-15(2)25-27)21-24-23-20(30-21)9-8-19(28)22-16-4-6-17(7-5-16)26-10-12-29-13-11-26/h4-7,14H,3,8-13H2,1-2H3,(H,22,28). The maximum Gasteiger partial charge on any atom is 0.265 e. The van der Waals surface area contributed by atoms with Crippen LogP contribution in [0.1, 0.15) is 24.9 Å². The Hall–Kier alpha value is -3.20. The highest BCUT2D eigenvalue weighted by molar-refractivity contribution is 5.90. The van der Waals surface area contributed by atoms with Crippen LogP contribution in [0.2, 0.25) is 0 Å². The van der Waals surface area contributed by atoms with Gasteiger partial charge < -0.3 is 19.4 Å². The van der Waals surface area contributed by atoms with E-state index >= 15 is 0 Å². The molecule has 0 spiro atoms. The molecule has 3 aromatic rings. The second-order valence-electron chi connectivity index (χ2n) is 7.18. The predicted molar refractivity (Wildman–Crippen MR) is 112 cm³/mol. The van der Waals surface area contributed by atoms with E-state index in [0.29, 0.717) is 24.7 Å². The SMILES string of the molecule is CCn1nc(C)cc1-c1nnc(CCC(=O)Nc2ccc(N3CCOCC3)cc2)o1. The van der Waals surface area contributed by atoms with Crippen molar-refractivity contribution in [1.82, 2.24) is 20.0 Å². The zero-order valence-corrected chi connectivity index (χ0v) is 17.3. The van der Waals surface area contributed by atoms with Crippen molar-refractivity contribution in [3.05, 3.63) is 41.9 Å². The average Bonchev–Trinajstić information content (AvgIpc) is 3.39. The van der Waals surface area contributed by atoms with E-state index in [4.69, 9.17) is 9.15 Å². The van der Waals surface area contributed by atoms with E-state index in [0.717, 1.165) is 49.1 Å². The smallest absolute Gasteiger partial charge is 0.265 e. The molecule has 2 aromatic heterocycles. The summed E-state index contributed by atoms with van der Waals surface area (Å²) in [6.07, 6.45) is 0.642. The highest BCUT2D eigenvalue weighted by Crippen LogP contribution is 2.21. The number of amides is 1. The number of carbonyl (C=O) groups is 1. The molecular weight excluding hydrogens is 384 g/mol. The maximum atomic E-state index is 12.3. The van der Waals surface area contributed by atoms with Crippen LogP contribution in [0.4, 0.5) is 11.4 Å². The summed E-state index contributed by atoms with van der Waals surface area (Å²) in [6.45, 7) is 7.91. The number of carbonyl (C=O) groups excluding carboxylic acids is 1. The first kappa shape index (κ1) is 20.1. The minimum absolute atomic E-state index is 0.0942. The van der Waals surface area contributed by atoms with Crippen LogP contribution in [0.3, 0.4) is 0 Å². The van der Waals surface area contributed by atoms with E-state index in [2.05, 4.69) is 25.5 Å². The van der Waals surface area contributed by atoms with Gasteiger partial charge in [-0.15, -0.1) is 10.2 Å². The molecule has 0 atom stereocenters. The third-order valence-electron chi connectivity index (χ3n) is 4.98. The summed E-state index contributed by atoms with van der Waals surface area (Å²) in [5.74, 6) is 0.763. The molecule has 0 radical (unpaired) electrons. The van der Waals surface area contributed by atoms with Gasteiger partial charge in [-0.25, -0.2) is 0 Å². The number of morpholine rings is 1. The van der Waals surface area contributed by atoms with Gasteiger partial charge in [-0.3, -0.25) is 9.48 Å². The molecule has 30 heavy (non-hydrogen) atoms. The number of hydrogen-bond acceptors (Lipinski definition) is 7. The van der Waals surface area contributed by atoms with Gasteiger partial charge in [0.05, 0.1) is 18.9 Å². The van der Waals surface area contributed by atoms with Crippen LogP contribution in [0, 0.1) is 6.92 Å². The van der Waals surface area contributed by atoms with Crippen LogP contribution in [0.25, 0.3) is 11.6 Å². The van der Waals surface area contributed by atoms with Gasteiger partial charge in [0.1, 0.15) is 5.69 Å². The minimum Gasteiger partial charge on any atom is -0.419 e. The lowest BCUT2D eigenvalue weighted by atomic mass is 10.2. The topological polar surface area (TPSA) is 98.3 Å². The van der Waals surface area contributed by atoms with Crippen molar-refractivity contribution in [2.75, 3.05) is 36.5 Å². The summed E-state index contributed by atoms with van der Waals surface area (Å²) in [6, 6.07) is 9.78. The van der Waals surface area contributed by atoms with Gasteiger partial charge in [0.2, 0.25) is 11.8 Å². The highest BCUT2D eigenvalue weighted by atomic mass is 16.5. The van der Waals surface area contributed by atoms with Crippen molar-refractivity contribution in [1.29, 1.82) is 0 Å². The normalized spacial score (nSPS) is 14.1. The number of rotatable bonds is 7. The van der Waals surface area contributed by atoms with E-state index in [-0.39, 0.29) is 12.3 Å². The third kappa shape index (κ3) is 4.68. The van der Waals surface area contributed by atoms with E-state index in [1.54, 1.807) is 0 Å². The van der Waals surface area contributed by atoms with E-state index in [1.165, 1.54) is 0 Å². The second kappa shape index (κ2) is 9.08. The minimum atomic E-state index is -0.0942. The number of aromatic nitrogens is 4. The molecule has 3 heterocycles. The fraction of sp³-hybridized carbons (Fsp3) is 0.429. The summed E-state index contributed by atoms with van der Waals surface area (Å²) in [5.41, 5.74) is 3.59. The number of ether oxygens (including phenoxy) is 1. The Labute approximate surface area is 175 Å². The fourth-order valence-electron chi connectivity index (χ4n) is 3.44. The van der Waals surface area contributed by atoms with Crippen molar-refractivity contribution >= 4 is 17.3 Å². The molecule has 158 valence electrons. The molecule has 9 nitrogen and oxygen atoms in total. The van der Waals surface area contributed by atoms with Crippen LogP contribution < -0.4 is 10.2 Å². The second-order valence-corrected chi connectivity index (χ2v) is 7.18. The Kier molecular flexibility index (Phi) is 6.08. The number of nitrogens with zero attached hydrogens (tertiary/aromatic N) is 5. The Morgan fingerprint density at radius 1 is 1.17 bits per heavy atom. The zero-order valence-electron chi connectivity index (χ0n) is 17.3. The van der Waals surface area contributed by atoms with Crippen molar-refractivity contribution in [2.45, 2.75) is 33.2 Å². The number of benzene rings is 1. The molecule has 0 bridgehead atoms. The van der Waals surface area contributed by atoms with Crippen molar-refractivity contribution in [3.63, 3.8) is 0 Å². The summed E-state index contributed by atoms with van der Waals surface area (Å²) in [7, 11) is 0. The Balaban J connectivity index is 1.30.